The highest BCUT2D eigenvalue weighted by Gasteiger charge is 2.34. The van der Waals surface area contributed by atoms with Gasteiger partial charge >= 0.3 is 0 Å². The first-order chi connectivity index (χ1) is 15.3. The van der Waals surface area contributed by atoms with Crippen molar-refractivity contribution in [2.24, 2.45) is 0 Å². The van der Waals surface area contributed by atoms with Crippen molar-refractivity contribution < 1.29 is 5.11 Å². The smallest absolute Gasteiger partial charge is 0.136 e. The zero-order valence-corrected chi connectivity index (χ0v) is 17.8. The molecule has 2 aliphatic rings. The van der Waals surface area contributed by atoms with E-state index in [0.29, 0.717) is 6.54 Å². The standard InChI is InChI=1S/C24H30N6O/c31-22-19-27(18-20-6-5-12-30(20)24-8-2-4-11-26-24)13-9-21(22)28-14-16-29(17-15-28)23-7-1-3-10-25-23/h1-8,10-12,21-22,31H,9,13-19H2/t21-,22-/m1/s1. The Balaban J connectivity index is 1.16. The second-order valence-corrected chi connectivity index (χ2v) is 8.43. The summed E-state index contributed by atoms with van der Waals surface area (Å²) in [5.74, 6) is 1.98. The number of likely N-dealkylation sites (tertiary alicyclic amines) is 1. The summed E-state index contributed by atoms with van der Waals surface area (Å²) >= 11 is 0. The van der Waals surface area contributed by atoms with Gasteiger partial charge < -0.3 is 14.6 Å². The molecule has 0 spiro atoms. The normalized spacial score (nSPS) is 23.2. The molecule has 31 heavy (non-hydrogen) atoms. The molecule has 1 N–H and O–H groups in total. The fraction of sp³-hybridized carbons (Fsp3) is 0.417. The Hall–Kier alpha value is -2.74. The van der Waals surface area contributed by atoms with E-state index in [1.807, 2.05) is 42.7 Å². The van der Waals surface area contributed by atoms with E-state index in [0.717, 1.165) is 57.3 Å². The third-order valence-corrected chi connectivity index (χ3v) is 6.50. The van der Waals surface area contributed by atoms with E-state index in [4.69, 9.17) is 0 Å². The first-order valence-corrected chi connectivity index (χ1v) is 11.2. The summed E-state index contributed by atoms with van der Waals surface area (Å²) in [6, 6.07) is 16.5. The fourth-order valence-electron chi connectivity index (χ4n) is 4.87. The maximum atomic E-state index is 11.0. The van der Waals surface area contributed by atoms with Crippen LogP contribution < -0.4 is 4.90 Å². The molecule has 162 valence electrons. The van der Waals surface area contributed by atoms with Gasteiger partial charge in [0.1, 0.15) is 11.6 Å². The molecule has 2 aliphatic heterocycles. The molecule has 0 aromatic carbocycles. The van der Waals surface area contributed by atoms with Gasteiger partial charge in [-0.3, -0.25) is 9.80 Å². The van der Waals surface area contributed by atoms with Crippen molar-refractivity contribution in [1.29, 1.82) is 0 Å². The topological polar surface area (TPSA) is 60.7 Å². The van der Waals surface area contributed by atoms with Gasteiger partial charge in [-0.15, -0.1) is 0 Å². The Bertz CT molecular complexity index is 954. The van der Waals surface area contributed by atoms with Gasteiger partial charge in [0.2, 0.25) is 0 Å². The molecule has 0 saturated carbocycles. The third kappa shape index (κ3) is 4.49. The zero-order valence-electron chi connectivity index (χ0n) is 17.8. The lowest BCUT2D eigenvalue weighted by atomic mass is 9.99. The molecular weight excluding hydrogens is 388 g/mol. The monoisotopic (exact) mass is 418 g/mol. The largest absolute Gasteiger partial charge is 0.390 e. The summed E-state index contributed by atoms with van der Waals surface area (Å²) in [4.78, 5) is 16.1. The summed E-state index contributed by atoms with van der Waals surface area (Å²) in [5, 5.41) is 11.0. The maximum absolute atomic E-state index is 11.0. The van der Waals surface area contributed by atoms with Crippen LogP contribution in [0.15, 0.2) is 67.1 Å². The van der Waals surface area contributed by atoms with E-state index in [1.54, 1.807) is 0 Å². The number of pyridine rings is 2. The summed E-state index contributed by atoms with van der Waals surface area (Å²) in [7, 11) is 0. The van der Waals surface area contributed by atoms with Crippen LogP contribution in [0.4, 0.5) is 5.82 Å². The van der Waals surface area contributed by atoms with Crippen molar-refractivity contribution in [2.45, 2.75) is 25.1 Å². The summed E-state index contributed by atoms with van der Waals surface area (Å²) in [6.07, 6.45) is 6.40. The molecule has 0 unspecified atom stereocenters. The molecule has 5 heterocycles. The third-order valence-electron chi connectivity index (χ3n) is 6.50. The summed E-state index contributed by atoms with van der Waals surface area (Å²) < 4.78 is 2.13. The van der Waals surface area contributed by atoms with Gasteiger partial charge in [-0.1, -0.05) is 12.1 Å². The van der Waals surface area contributed by atoms with Gasteiger partial charge in [0.05, 0.1) is 6.10 Å². The Labute approximate surface area is 183 Å². The number of β-amino-alcohol motifs (C(OH)–C–C–N with tert-alkyl or cyclic N) is 1. The first-order valence-electron chi connectivity index (χ1n) is 11.2. The SMILES string of the molecule is O[C@@H]1CN(Cc2cccn2-c2ccccn2)CC[C@H]1N1CCN(c2ccccn2)CC1. The molecule has 2 fully saturated rings. The van der Waals surface area contributed by atoms with Gasteiger partial charge in [0, 0.05) is 76.1 Å². The van der Waals surface area contributed by atoms with E-state index in [2.05, 4.69) is 53.6 Å². The van der Waals surface area contributed by atoms with Gasteiger partial charge in [-0.25, -0.2) is 9.97 Å². The second-order valence-electron chi connectivity index (χ2n) is 8.43. The Morgan fingerprint density at radius 1 is 0.839 bits per heavy atom. The predicted molar refractivity (Wildman–Crippen MR) is 121 cm³/mol. The number of nitrogens with zero attached hydrogens (tertiary/aromatic N) is 6. The predicted octanol–water partition coefficient (Wildman–Crippen LogP) is 2.02. The lowest BCUT2D eigenvalue weighted by Gasteiger charge is -2.45. The van der Waals surface area contributed by atoms with Crippen LogP contribution >= 0.6 is 0 Å². The number of aliphatic hydroxyl groups is 1. The zero-order chi connectivity index (χ0) is 21.0. The average molecular weight is 419 g/mol. The Kier molecular flexibility index (Phi) is 5.97. The van der Waals surface area contributed by atoms with Crippen molar-refractivity contribution >= 4 is 5.82 Å². The quantitative estimate of drug-likeness (QED) is 0.684. The molecule has 2 saturated heterocycles. The Morgan fingerprint density at radius 3 is 2.26 bits per heavy atom. The molecule has 7 nitrogen and oxygen atoms in total. The van der Waals surface area contributed by atoms with Crippen LogP contribution in [0.5, 0.6) is 0 Å². The van der Waals surface area contributed by atoms with Crippen LogP contribution in [0.3, 0.4) is 0 Å². The van der Waals surface area contributed by atoms with Crippen LogP contribution in [0.25, 0.3) is 5.82 Å². The van der Waals surface area contributed by atoms with E-state index >= 15 is 0 Å². The van der Waals surface area contributed by atoms with Crippen LogP contribution in [0.1, 0.15) is 12.1 Å². The number of aliphatic hydroxyl groups excluding tert-OH is 1. The number of rotatable bonds is 5. The summed E-state index contributed by atoms with van der Waals surface area (Å²) in [5.41, 5.74) is 1.20. The highest BCUT2D eigenvalue weighted by Crippen LogP contribution is 2.22. The highest BCUT2D eigenvalue weighted by atomic mass is 16.3. The van der Waals surface area contributed by atoms with Crippen molar-refractivity contribution in [3.05, 3.63) is 72.8 Å². The number of piperazine rings is 1. The Morgan fingerprint density at radius 2 is 1.58 bits per heavy atom. The number of hydrogen-bond acceptors (Lipinski definition) is 6. The first kappa shape index (κ1) is 20.2. The molecular formula is C24H30N6O. The van der Waals surface area contributed by atoms with Crippen LogP contribution in [-0.2, 0) is 6.54 Å². The number of piperidine rings is 1. The lowest BCUT2D eigenvalue weighted by molar-refractivity contribution is -0.0176. The molecule has 0 amide bonds. The van der Waals surface area contributed by atoms with E-state index in [9.17, 15) is 5.11 Å². The second kappa shape index (κ2) is 9.18. The molecule has 7 heteroatoms. The van der Waals surface area contributed by atoms with Crippen molar-refractivity contribution in [3.8, 4) is 5.82 Å². The lowest BCUT2D eigenvalue weighted by Crippen LogP contribution is -2.58. The molecule has 0 aliphatic carbocycles. The van der Waals surface area contributed by atoms with Crippen LogP contribution in [0, 0.1) is 0 Å². The molecule has 0 bridgehead atoms. The van der Waals surface area contributed by atoms with E-state index in [-0.39, 0.29) is 12.1 Å². The van der Waals surface area contributed by atoms with E-state index in [1.165, 1.54) is 5.69 Å². The van der Waals surface area contributed by atoms with Crippen molar-refractivity contribution in [1.82, 2.24) is 24.3 Å². The highest BCUT2D eigenvalue weighted by molar-refractivity contribution is 5.38. The van der Waals surface area contributed by atoms with Crippen LogP contribution in [-0.4, -0.2) is 80.9 Å². The molecule has 3 aromatic rings. The fourth-order valence-corrected chi connectivity index (χ4v) is 4.87. The maximum Gasteiger partial charge on any atom is 0.136 e. The number of aromatic nitrogens is 3. The van der Waals surface area contributed by atoms with Gasteiger partial charge in [0.15, 0.2) is 0 Å². The van der Waals surface area contributed by atoms with Gasteiger partial charge in [-0.05, 0) is 42.8 Å². The van der Waals surface area contributed by atoms with Crippen molar-refractivity contribution in [3.63, 3.8) is 0 Å². The summed E-state index contributed by atoms with van der Waals surface area (Å²) in [6.45, 7) is 6.39. The molecule has 3 aromatic heterocycles. The minimum absolute atomic E-state index is 0.240. The molecule has 2 atom stereocenters. The minimum Gasteiger partial charge on any atom is -0.390 e. The van der Waals surface area contributed by atoms with Gasteiger partial charge in [-0.2, -0.15) is 0 Å². The number of hydrogen-bond donors (Lipinski definition) is 1. The van der Waals surface area contributed by atoms with E-state index < -0.39 is 0 Å². The molecule has 0 radical (unpaired) electrons. The minimum atomic E-state index is -0.326. The van der Waals surface area contributed by atoms with Crippen LogP contribution in [0.2, 0.25) is 0 Å². The molecule has 5 rings (SSSR count). The van der Waals surface area contributed by atoms with Crippen molar-refractivity contribution in [2.75, 3.05) is 44.2 Å². The van der Waals surface area contributed by atoms with Gasteiger partial charge in [0.25, 0.3) is 0 Å². The number of anilines is 1. The average Bonchev–Trinajstić information content (AvgIpc) is 3.29.